The third kappa shape index (κ3) is 4.32. The molecule has 1 unspecified atom stereocenters. The predicted octanol–water partition coefficient (Wildman–Crippen LogP) is 2.64. The fourth-order valence-electron chi connectivity index (χ4n) is 1.92. The average Bonchev–Trinajstić information content (AvgIpc) is 2.39. The first-order valence-electron chi connectivity index (χ1n) is 6.87. The zero-order chi connectivity index (χ0) is 15.2. The van der Waals surface area contributed by atoms with Crippen LogP contribution in [0.5, 0.6) is 0 Å². The van der Waals surface area contributed by atoms with Crippen LogP contribution in [0.25, 0.3) is 0 Å². The van der Waals surface area contributed by atoms with Gasteiger partial charge in [0, 0.05) is 6.61 Å². The molecular weight excluding hydrogens is 254 g/mol. The van der Waals surface area contributed by atoms with Gasteiger partial charge in [-0.3, -0.25) is 5.32 Å². The molecule has 0 aliphatic heterocycles. The minimum Gasteiger partial charge on any atom is -0.480 e. The molecule has 0 fully saturated rings. The van der Waals surface area contributed by atoms with Gasteiger partial charge in [-0.1, -0.05) is 51.1 Å². The summed E-state index contributed by atoms with van der Waals surface area (Å²) in [4.78, 5) is 11.7. The standard InChI is InChI=1S/C16H25NO3/c1-15(2,3)10-11-20-12-16(17-4,14(18)19)13-8-6-5-7-9-13/h5-9,17H,10-12H2,1-4H3,(H,18,19). The number of likely N-dealkylation sites (N-methyl/N-ethyl adjacent to an activating group) is 1. The number of ether oxygens (including phenoxy) is 1. The maximum atomic E-state index is 11.7. The third-order valence-electron chi connectivity index (χ3n) is 3.37. The quantitative estimate of drug-likeness (QED) is 0.753. The predicted molar refractivity (Wildman–Crippen MR) is 79.7 cm³/mol. The Bertz CT molecular complexity index is 425. The van der Waals surface area contributed by atoms with Crippen LogP contribution >= 0.6 is 0 Å². The molecule has 0 spiro atoms. The van der Waals surface area contributed by atoms with Gasteiger partial charge >= 0.3 is 5.97 Å². The smallest absolute Gasteiger partial charge is 0.330 e. The summed E-state index contributed by atoms with van der Waals surface area (Å²) in [5.41, 5.74) is -0.317. The second-order valence-corrected chi connectivity index (χ2v) is 6.19. The maximum absolute atomic E-state index is 11.7. The fraction of sp³-hybridized carbons (Fsp3) is 0.562. The highest BCUT2D eigenvalue weighted by Gasteiger charge is 2.39. The van der Waals surface area contributed by atoms with Crippen molar-refractivity contribution in [2.45, 2.75) is 32.7 Å². The molecule has 1 atom stereocenters. The lowest BCUT2D eigenvalue weighted by molar-refractivity contribution is -0.148. The van der Waals surface area contributed by atoms with Crippen molar-refractivity contribution in [1.29, 1.82) is 0 Å². The summed E-state index contributed by atoms with van der Waals surface area (Å²) in [6.45, 7) is 7.06. The van der Waals surface area contributed by atoms with Crippen LogP contribution in [0.4, 0.5) is 0 Å². The van der Waals surface area contributed by atoms with Gasteiger partial charge in [-0.15, -0.1) is 0 Å². The van der Waals surface area contributed by atoms with Crippen LogP contribution < -0.4 is 5.32 Å². The van der Waals surface area contributed by atoms with Gasteiger partial charge in [-0.25, -0.2) is 4.79 Å². The minimum atomic E-state index is -1.20. The molecule has 2 N–H and O–H groups in total. The Balaban J connectivity index is 2.78. The highest BCUT2D eigenvalue weighted by Crippen LogP contribution is 2.23. The minimum absolute atomic E-state index is 0.110. The Labute approximate surface area is 121 Å². The molecule has 0 aliphatic carbocycles. The van der Waals surface area contributed by atoms with E-state index in [4.69, 9.17) is 4.74 Å². The highest BCUT2D eigenvalue weighted by molar-refractivity contribution is 5.81. The normalized spacial score (nSPS) is 14.8. The van der Waals surface area contributed by atoms with Gasteiger partial charge in [-0.05, 0) is 24.4 Å². The maximum Gasteiger partial charge on any atom is 0.330 e. The first-order chi connectivity index (χ1) is 9.32. The lowest BCUT2D eigenvalue weighted by atomic mass is 9.90. The molecule has 112 valence electrons. The number of aliphatic carboxylic acids is 1. The SMILES string of the molecule is CNC(COCCC(C)(C)C)(C(=O)O)c1ccccc1. The molecule has 4 nitrogen and oxygen atoms in total. The van der Waals surface area contributed by atoms with Crippen LogP contribution in [0.2, 0.25) is 0 Å². The largest absolute Gasteiger partial charge is 0.480 e. The van der Waals surface area contributed by atoms with Gasteiger partial charge in [0.25, 0.3) is 0 Å². The number of nitrogens with one attached hydrogen (secondary N) is 1. The summed E-state index contributed by atoms with van der Waals surface area (Å²) in [5.74, 6) is -0.929. The summed E-state index contributed by atoms with van der Waals surface area (Å²) in [6.07, 6.45) is 0.890. The number of carboxylic acids is 1. The van der Waals surface area contributed by atoms with Gasteiger partial charge < -0.3 is 9.84 Å². The number of carbonyl (C=O) groups is 1. The highest BCUT2D eigenvalue weighted by atomic mass is 16.5. The van der Waals surface area contributed by atoms with Crippen molar-refractivity contribution in [3.63, 3.8) is 0 Å². The Morgan fingerprint density at radius 1 is 1.25 bits per heavy atom. The summed E-state index contributed by atoms with van der Waals surface area (Å²) >= 11 is 0. The Morgan fingerprint density at radius 2 is 1.85 bits per heavy atom. The van der Waals surface area contributed by atoms with E-state index in [-0.39, 0.29) is 12.0 Å². The molecule has 4 heteroatoms. The second kappa shape index (κ2) is 6.86. The van der Waals surface area contributed by atoms with Crippen LogP contribution in [0.3, 0.4) is 0 Å². The third-order valence-corrected chi connectivity index (χ3v) is 3.37. The van der Waals surface area contributed by atoms with E-state index in [0.717, 1.165) is 6.42 Å². The number of carboxylic acid groups (broad SMARTS) is 1. The van der Waals surface area contributed by atoms with Gasteiger partial charge in [0.1, 0.15) is 0 Å². The molecular formula is C16H25NO3. The first kappa shape index (κ1) is 16.7. The Morgan fingerprint density at radius 3 is 2.30 bits per heavy atom. The van der Waals surface area contributed by atoms with Gasteiger partial charge in [0.05, 0.1) is 6.61 Å². The molecule has 0 amide bonds. The zero-order valence-corrected chi connectivity index (χ0v) is 12.8. The molecule has 0 bridgehead atoms. The van der Waals surface area contributed by atoms with E-state index in [9.17, 15) is 9.90 Å². The van der Waals surface area contributed by atoms with E-state index in [0.29, 0.717) is 12.2 Å². The van der Waals surface area contributed by atoms with E-state index in [2.05, 4.69) is 26.1 Å². The second-order valence-electron chi connectivity index (χ2n) is 6.19. The van der Waals surface area contributed by atoms with Crippen LogP contribution in [-0.2, 0) is 15.1 Å². The van der Waals surface area contributed by atoms with Crippen molar-refractivity contribution >= 4 is 5.97 Å². The van der Waals surface area contributed by atoms with Gasteiger partial charge in [0.15, 0.2) is 5.54 Å². The van der Waals surface area contributed by atoms with Crippen LogP contribution in [0.15, 0.2) is 30.3 Å². The number of rotatable bonds is 7. The van der Waals surface area contributed by atoms with Crippen molar-refractivity contribution in [3.05, 3.63) is 35.9 Å². The fourth-order valence-corrected chi connectivity index (χ4v) is 1.92. The van der Waals surface area contributed by atoms with Crippen molar-refractivity contribution in [3.8, 4) is 0 Å². The molecule has 0 radical (unpaired) electrons. The van der Waals surface area contributed by atoms with Crippen molar-refractivity contribution in [1.82, 2.24) is 5.32 Å². The van der Waals surface area contributed by atoms with Crippen LogP contribution in [-0.4, -0.2) is 31.3 Å². The van der Waals surface area contributed by atoms with E-state index in [1.54, 1.807) is 19.2 Å². The number of hydrogen-bond donors (Lipinski definition) is 2. The molecule has 1 aromatic rings. The summed E-state index contributed by atoms with van der Waals surface area (Å²) in [7, 11) is 1.65. The topological polar surface area (TPSA) is 58.6 Å². The Hall–Kier alpha value is -1.39. The first-order valence-corrected chi connectivity index (χ1v) is 6.87. The van der Waals surface area contributed by atoms with Gasteiger partial charge in [0.2, 0.25) is 0 Å². The van der Waals surface area contributed by atoms with Crippen molar-refractivity contribution < 1.29 is 14.6 Å². The molecule has 1 aromatic carbocycles. The van der Waals surface area contributed by atoms with E-state index >= 15 is 0 Å². The van der Waals surface area contributed by atoms with Crippen LogP contribution in [0.1, 0.15) is 32.8 Å². The molecule has 20 heavy (non-hydrogen) atoms. The number of hydrogen-bond acceptors (Lipinski definition) is 3. The molecule has 0 aromatic heterocycles. The molecule has 0 saturated heterocycles. The Kier molecular flexibility index (Phi) is 5.72. The zero-order valence-electron chi connectivity index (χ0n) is 12.8. The van der Waals surface area contributed by atoms with E-state index in [1.165, 1.54) is 0 Å². The molecule has 0 saturated carbocycles. The van der Waals surface area contributed by atoms with E-state index in [1.807, 2.05) is 18.2 Å². The lowest BCUT2D eigenvalue weighted by Gasteiger charge is -2.30. The van der Waals surface area contributed by atoms with Gasteiger partial charge in [-0.2, -0.15) is 0 Å². The summed E-state index contributed by atoms with van der Waals surface area (Å²) in [5, 5.41) is 12.5. The molecule has 0 heterocycles. The summed E-state index contributed by atoms with van der Waals surface area (Å²) < 4.78 is 5.64. The average molecular weight is 279 g/mol. The summed E-state index contributed by atoms with van der Waals surface area (Å²) in [6, 6.07) is 9.14. The lowest BCUT2D eigenvalue weighted by Crippen LogP contribution is -2.51. The van der Waals surface area contributed by atoms with E-state index < -0.39 is 11.5 Å². The van der Waals surface area contributed by atoms with Crippen LogP contribution in [0, 0.1) is 5.41 Å². The monoisotopic (exact) mass is 279 g/mol. The number of benzene rings is 1. The molecule has 0 aliphatic rings. The van der Waals surface area contributed by atoms with Crippen molar-refractivity contribution in [2.24, 2.45) is 5.41 Å². The van der Waals surface area contributed by atoms with Crippen molar-refractivity contribution in [2.75, 3.05) is 20.3 Å². The molecule has 1 rings (SSSR count).